The Balaban J connectivity index is 2.29. The van der Waals surface area contributed by atoms with Crippen molar-refractivity contribution in [2.45, 2.75) is 26.8 Å². The van der Waals surface area contributed by atoms with Crippen molar-refractivity contribution in [2.24, 2.45) is 0 Å². The largest absolute Gasteiger partial charge is 0.294 e. The number of hydrogen-bond donors (Lipinski definition) is 0. The molecule has 1 aromatic heterocycles. The minimum Gasteiger partial charge on any atom is -0.294 e. The fourth-order valence-corrected chi connectivity index (χ4v) is 2.78. The van der Waals surface area contributed by atoms with Crippen molar-refractivity contribution in [2.75, 3.05) is 0 Å². The highest BCUT2D eigenvalue weighted by Crippen LogP contribution is 2.23. The molecule has 0 radical (unpaired) electrons. The first-order chi connectivity index (χ1) is 9.02. The van der Waals surface area contributed by atoms with E-state index in [4.69, 9.17) is 0 Å². The number of carbonyl (C=O) groups is 1. The Bertz CT molecular complexity index is 620. The molecule has 0 spiro atoms. The topological polar surface area (TPSA) is 34.9 Å². The van der Waals surface area contributed by atoms with Gasteiger partial charge in [0.25, 0.3) is 0 Å². The first-order valence-electron chi connectivity index (χ1n) is 6.03. The molecule has 2 rings (SSSR count). The lowest BCUT2D eigenvalue weighted by Crippen LogP contribution is -2.10. The monoisotopic (exact) mass is 384 g/mol. The average molecular weight is 386 g/mol. The summed E-state index contributed by atoms with van der Waals surface area (Å²) in [6.07, 6.45) is 0.353. The van der Waals surface area contributed by atoms with Gasteiger partial charge in [-0.15, -0.1) is 0 Å². The Hall–Kier alpha value is -0.940. The lowest BCUT2D eigenvalue weighted by atomic mass is 10.1. The zero-order chi connectivity index (χ0) is 14.0. The summed E-state index contributed by atoms with van der Waals surface area (Å²) in [5.41, 5.74) is 2.56. The maximum atomic E-state index is 12.3. The summed E-state index contributed by atoms with van der Waals surface area (Å²) >= 11 is 6.90. The Morgan fingerprint density at radius 1 is 1.37 bits per heavy atom. The van der Waals surface area contributed by atoms with Crippen LogP contribution in [0.25, 0.3) is 0 Å². The third kappa shape index (κ3) is 3.15. The molecular weight excluding hydrogens is 372 g/mol. The molecule has 0 aliphatic carbocycles. The van der Waals surface area contributed by atoms with Gasteiger partial charge < -0.3 is 0 Å². The van der Waals surface area contributed by atoms with Gasteiger partial charge in [0, 0.05) is 16.6 Å². The van der Waals surface area contributed by atoms with Crippen molar-refractivity contribution in [3.05, 3.63) is 50.2 Å². The molecule has 5 heteroatoms. The Labute approximate surface area is 129 Å². The Morgan fingerprint density at radius 3 is 2.74 bits per heavy atom. The minimum absolute atomic E-state index is 0.0941. The highest BCUT2D eigenvalue weighted by atomic mass is 79.9. The fourth-order valence-electron chi connectivity index (χ4n) is 1.95. The van der Waals surface area contributed by atoms with E-state index >= 15 is 0 Å². The van der Waals surface area contributed by atoms with Gasteiger partial charge in [0.2, 0.25) is 0 Å². The van der Waals surface area contributed by atoms with Crippen LogP contribution in [0.15, 0.2) is 33.2 Å². The van der Waals surface area contributed by atoms with Crippen LogP contribution in [0.4, 0.5) is 0 Å². The van der Waals surface area contributed by atoms with Gasteiger partial charge in [-0.2, -0.15) is 5.10 Å². The normalized spacial score (nSPS) is 10.7. The molecule has 0 saturated heterocycles. The van der Waals surface area contributed by atoms with Crippen LogP contribution in [0.3, 0.4) is 0 Å². The summed E-state index contributed by atoms with van der Waals surface area (Å²) in [5.74, 6) is 0.0941. The maximum Gasteiger partial charge on any atom is 0.168 e. The van der Waals surface area contributed by atoms with E-state index in [1.54, 1.807) is 0 Å². The zero-order valence-corrected chi connectivity index (χ0v) is 14.0. The lowest BCUT2D eigenvalue weighted by molar-refractivity contribution is 0.0990. The molecule has 0 bridgehead atoms. The number of carbonyl (C=O) groups excluding carboxylic acids is 1. The molecule has 0 aliphatic heterocycles. The van der Waals surface area contributed by atoms with Gasteiger partial charge in [-0.1, -0.05) is 28.1 Å². The van der Waals surface area contributed by atoms with Gasteiger partial charge >= 0.3 is 0 Å². The summed E-state index contributed by atoms with van der Waals surface area (Å²) in [7, 11) is 0. The predicted octanol–water partition coefficient (Wildman–Crippen LogP) is 4.16. The molecule has 1 aromatic carbocycles. The van der Waals surface area contributed by atoms with Crippen molar-refractivity contribution in [1.29, 1.82) is 0 Å². The second kappa shape index (κ2) is 6.01. The number of Topliss-reactive ketones (excluding diaryl/α,β-unsaturated/α-hetero) is 1. The molecular formula is C14H14Br2N2O. The van der Waals surface area contributed by atoms with Gasteiger partial charge in [0.1, 0.15) is 0 Å². The van der Waals surface area contributed by atoms with Gasteiger partial charge in [-0.05, 0) is 41.9 Å². The molecule has 3 nitrogen and oxygen atoms in total. The molecule has 100 valence electrons. The summed E-state index contributed by atoms with van der Waals surface area (Å²) in [4.78, 5) is 12.3. The third-order valence-electron chi connectivity index (χ3n) is 2.93. The van der Waals surface area contributed by atoms with Crippen LogP contribution in [0.1, 0.15) is 28.7 Å². The molecule has 2 aromatic rings. The number of nitrogens with zero attached hydrogens (tertiary/aromatic N) is 2. The number of ketones is 1. The number of halogens is 2. The van der Waals surface area contributed by atoms with Crippen molar-refractivity contribution in [1.82, 2.24) is 9.78 Å². The molecule has 0 saturated carbocycles. The van der Waals surface area contributed by atoms with Crippen molar-refractivity contribution < 1.29 is 4.79 Å². The second-order valence-corrected chi connectivity index (χ2v) is 5.98. The summed E-state index contributed by atoms with van der Waals surface area (Å²) in [6, 6.07) is 7.46. The molecule has 0 aliphatic rings. The van der Waals surface area contributed by atoms with Gasteiger partial charge in [-0.3, -0.25) is 9.48 Å². The standard InChI is InChI=1S/C14H14Br2N2O/c1-3-18-12(14(16)9(2)17-18)8-13(19)10-5-4-6-11(15)7-10/h4-7H,3,8H2,1-2H3. The number of aromatic nitrogens is 2. The summed E-state index contributed by atoms with van der Waals surface area (Å²) < 4.78 is 3.71. The molecule has 0 unspecified atom stereocenters. The molecule has 0 atom stereocenters. The molecule has 19 heavy (non-hydrogen) atoms. The van der Waals surface area contributed by atoms with Crippen LogP contribution < -0.4 is 0 Å². The number of aryl methyl sites for hydroxylation is 2. The van der Waals surface area contributed by atoms with Gasteiger partial charge in [0.15, 0.2) is 5.78 Å². The smallest absolute Gasteiger partial charge is 0.168 e. The quantitative estimate of drug-likeness (QED) is 0.740. The second-order valence-electron chi connectivity index (χ2n) is 4.27. The van der Waals surface area contributed by atoms with E-state index in [9.17, 15) is 4.79 Å². The Kier molecular flexibility index (Phi) is 4.58. The summed E-state index contributed by atoms with van der Waals surface area (Å²) in [6.45, 7) is 4.71. The van der Waals surface area contributed by atoms with Gasteiger partial charge in [-0.25, -0.2) is 0 Å². The van der Waals surface area contributed by atoms with Gasteiger partial charge in [0.05, 0.1) is 22.3 Å². The highest BCUT2D eigenvalue weighted by molar-refractivity contribution is 9.10. The number of rotatable bonds is 4. The van der Waals surface area contributed by atoms with E-state index in [2.05, 4.69) is 37.0 Å². The van der Waals surface area contributed by atoms with E-state index in [-0.39, 0.29) is 5.78 Å². The summed E-state index contributed by atoms with van der Waals surface area (Å²) in [5, 5.41) is 4.40. The number of benzene rings is 1. The van der Waals surface area contributed by atoms with E-state index in [0.717, 1.165) is 26.9 Å². The van der Waals surface area contributed by atoms with Crippen LogP contribution in [-0.2, 0) is 13.0 Å². The van der Waals surface area contributed by atoms with Crippen LogP contribution >= 0.6 is 31.9 Å². The number of hydrogen-bond acceptors (Lipinski definition) is 2. The van der Waals surface area contributed by atoms with E-state index in [1.807, 2.05) is 42.8 Å². The first-order valence-corrected chi connectivity index (χ1v) is 7.62. The maximum absolute atomic E-state index is 12.3. The van der Waals surface area contributed by atoms with Crippen LogP contribution in [0.2, 0.25) is 0 Å². The molecule has 0 amide bonds. The van der Waals surface area contributed by atoms with Crippen molar-refractivity contribution in [3.63, 3.8) is 0 Å². The van der Waals surface area contributed by atoms with Crippen molar-refractivity contribution >= 4 is 37.6 Å². The van der Waals surface area contributed by atoms with Crippen molar-refractivity contribution in [3.8, 4) is 0 Å². The predicted molar refractivity (Wildman–Crippen MR) is 82.5 cm³/mol. The Morgan fingerprint density at radius 2 is 2.11 bits per heavy atom. The SMILES string of the molecule is CCn1nc(C)c(Br)c1CC(=O)c1cccc(Br)c1. The molecule has 0 fully saturated rings. The average Bonchev–Trinajstić information content (AvgIpc) is 2.66. The van der Waals surface area contributed by atoms with E-state index < -0.39 is 0 Å². The molecule has 0 N–H and O–H groups in total. The molecule has 1 heterocycles. The van der Waals surface area contributed by atoms with E-state index in [0.29, 0.717) is 12.0 Å². The fraction of sp³-hybridized carbons (Fsp3) is 0.286. The first kappa shape index (κ1) is 14.5. The van der Waals surface area contributed by atoms with Crippen LogP contribution in [0.5, 0.6) is 0 Å². The van der Waals surface area contributed by atoms with E-state index in [1.165, 1.54) is 0 Å². The highest BCUT2D eigenvalue weighted by Gasteiger charge is 2.16. The minimum atomic E-state index is 0.0941. The lowest BCUT2D eigenvalue weighted by Gasteiger charge is -2.05. The zero-order valence-electron chi connectivity index (χ0n) is 10.8. The third-order valence-corrected chi connectivity index (χ3v) is 4.45. The van der Waals surface area contributed by atoms with Crippen LogP contribution in [0, 0.1) is 6.92 Å². The van der Waals surface area contributed by atoms with Crippen LogP contribution in [-0.4, -0.2) is 15.6 Å².